The van der Waals surface area contributed by atoms with E-state index < -0.39 is 6.04 Å². The van der Waals surface area contributed by atoms with Gasteiger partial charge in [-0.1, -0.05) is 23.4 Å². The number of hydrogen-bond donors (Lipinski definition) is 1. The maximum absolute atomic E-state index is 13.1. The summed E-state index contributed by atoms with van der Waals surface area (Å²) in [6, 6.07) is 18.3. The van der Waals surface area contributed by atoms with Crippen molar-refractivity contribution < 1.29 is 18.4 Å². The van der Waals surface area contributed by atoms with Crippen LogP contribution in [0, 0.1) is 5.82 Å². The number of carbonyl (C=O) groups excluding carboxylic acids is 1. The summed E-state index contributed by atoms with van der Waals surface area (Å²) in [6.45, 7) is 2.12. The molecular weight excluding hydrogens is 423 g/mol. The number of aromatic nitrogens is 3. The second kappa shape index (κ2) is 10.3. The Bertz CT molecular complexity index is 1220. The number of ether oxygens (including phenoxy) is 1. The lowest BCUT2D eigenvalue weighted by atomic mass is 10.2. The van der Waals surface area contributed by atoms with Gasteiger partial charge in [-0.2, -0.15) is 4.98 Å². The van der Waals surface area contributed by atoms with Gasteiger partial charge in [-0.25, -0.2) is 4.39 Å². The van der Waals surface area contributed by atoms with Crippen LogP contribution in [0.15, 0.2) is 83.5 Å². The van der Waals surface area contributed by atoms with Crippen LogP contribution in [0.25, 0.3) is 17.5 Å². The van der Waals surface area contributed by atoms with Gasteiger partial charge in [0.1, 0.15) is 24.2 Å². The largest absolute Gasteiger partial charge is 0.487 e. The van der Waals surface area contributed by atoms with Crippen molar-refractivity contribution in [2.24, 2.45) is 0 Å². The van der Waals surface area contributed by atoms with Crippen molar-refractivity contribution in [2.75, 3.05) is 0 Å². The lowest BCUT2D eigenvalue weighted by Crippen LogP contribution is -2.24. The van der Waals surface area contributed by atoms with Crippen LogP contribution in [0.5, 0.6) is 5.75 Å². The molecular formula is C25H21FN4O3. The molecule has 0 fully saturated rings. The average molecular weight is 444 g/mol. The normalized spacial score (nSPS) is 11.9. The molecule has 0 aliphatic heterocycles. The molecule has 0 saturated carbocycles. The standard InChI is InChI=1S/C25H21FN4O3/c1-17(25-29-24(30-33-25)19-8-10-20(26)11-9-19)28-23(31)14-7-18-5-12-22(13-6-18)32-16-21-4-2-3-15-27-21/h2-15,17H,16H2,1H3,(H,28,31)/b14-7+. The van der Waals surface area contributed by atoms with Crippen molar-refractivity contribution >= 4 is 12.0 Å². The molecule has 0 spiro atoms. The van der Waals surface area contributed by atoms with Gasteiger partial charge in [0.05, 0.1) is 5.69 Å². The van der Waals surface area contributed by atoms with E-state index in [0.29, 0.717) is 23.7 Å². The summed E-state index contributed by atoms with van der Waals surface area (Å²) in [5.74, 6) is 0.641. The second-order valence-corrected chi connectivity index (χ2v) is 7.21. The molecule has 2 heterocycles. The maximum atomic E-state index is 13.1. The Morgan fingerprint density at radius 2 is 1.91 bits per heavy atom. The summed E-state index contributed by atoms with van der Waals surface area (Å²) in [5.41, 5.74) is 2.31. The number of pyridine rings is 1. The number of amides is 1. The zero-order chi connectivity index (χ0) is 23.0. The van der Waals surface area contributed by atoms with Crippen molar-refractivity contribution in [1.82, 2.24) is 20.4 Å². The number of nitrogens with one attached hydrogen (secondary N) is 1. The third-order valence-electron chi connectivity index (χ3n) is 4.69. The van der Waals surface area contributed by atoms with Gasteiger partial charge in [0, 0.05) is 17.8 Å². The number of hydrogen-bond acceptors (Lipinski definition) is 6. The van der Waals surface area contributed by atoms with Gasteiger partial charge >= 0.3 is 0 Å². The lowest BCUT2D eigenvalue weighted by molar-refractivity contribution is -0.117. The predicted octanol–water partition coefficient (Wildman–Crippen LogP) is 4.74. The molecule has 2 aromatic carbocycles. The van der Waals surface area contributed by atoms with Crippen LogP contribution < -0.4 is 10.1 Å². The van der Waals surface area contributed by atoms with Crippen LogP contribution in [0.2, 0.25) is 0 Å². The van der Waals surface area contributed by atoms with E-state index in [0.717, 1.165) is 11.3 Å². The smallest absolute Gasteiger partial charge is 0.249 e. The molecule has 1 atom stereocenters. The first-order valence-corrected chi connectivity index (χ1v) is 10.3. The van der Waals surface area contributed by atoms with Gasteiger partial charge in [-0.15, -0.1) is 0 Å². The summed E-state index contributed by atoms with van der Waals surface area (Å²) >= 11 is 0. The van der Waals surface area contributed by atoms with E-state index in [9.17, 15) is 9.18 Å². The number of halogens is 1. The topological polar surface area (TPSA) is 90.1 Å². The van der Waals surface area contributed by atoms with Crippen LogP contribution in [0.4, 0.5) is 4.39 Å². The Morgan fingerprint density at radius 3 is 2.64 bits per heavy atom. The van der Waals surface area contributed by atoms with Crippen molar-refractivity contribution in [3.63, 3.8) is 0 Å². The fourth-order valence-corrected chi connectivity index (χ4v) is 2.94. The number of carbonyl (C=O) groups is 1. The molecule has 0 radical (unpaired) electrons. The predicted molar refractivity (Wildman–Crippen MR) is 120 cm³/mol. The first kappa shape index (κ1) is 21.9. The summed E-state index contributed by atoms with van der Waals surface area (Å²) < 4.78 is 24.0. The van der Waals surface area contributed by atoms with Gasteiger partial charge in [-0.3, -0.25) is 9.78 Å². The Balaban J connectivity index is 1.29. The third kappa shape index (κ3) is 6.10. The monoisotopic (exact) mass is 444 g/mol. The molecule has 166 valence electrons. The highest BCUT2D eigenvalue weighted by Crippen LogP contribution is 2.19. The molecule has 8 heteroatoms. The number of nitrogens with zero attached hydrogens (tertiary/aromatic N) is 3. The van der Waals surface area contributed by atoms with Gasteiger partial charge in [0.25, 0.3) is 0 Å². The SMILES string of the molecule is CC(NC(=O)/C=C/c1ccc(OCc2ccccn2)cc1)c1nc(-c2ccc(F)cc2)no1. The van der Waals surface area contributed by atoms with Crippen LogP contribution in [0.1, 0.15) is 30.1 Å². The highest BCUT2D eigenvalue weighted by molar-refractivity contribution is 5.91. The van der Waals surface area contributed by atoms with Gasteiger partial charge in [-0.05, 0) is 67.1 Å². The van der Waals surface area contributed by atoms with Crippen molar-refractivity contribution in [1.29, 1.82) is 0 Å². The second-order valence-electron chi connectivity index (χ2n) is 7.21. The minimum absolute atomic E-state index is 0.255. The van der Waals surface area contributed by atoms with Gasteiger partial charge in [0.15, 0.2) is 0 Å². The fourth-order valence-electron chi connectivity index (χ4n) is 2.94. The zero-order valence-corrected chi connectivity index (χ0v) is 17.8. The molecule has 7 nitrogen and oxygen atoms in total. The van der Waals surface area contributed by atoms with E-state index in [1.54, 1.807) is 31.3 Å². The van der Waals surface area contributed by atoms with E-state index >= 15 is 0 Å². The van der Waals surface area contributed by atoms with Crippen molar-refractivity contribution in [2.45, 2.75) is 19.6 Å². The first-order chi connectivity index (χ1) is 16.1. The van der Waals surface area contributed by atoms with E-state index in [1.165, 1.54) is 18.2 Å². The minimum atomic E-state index is -0.494. The quantitative estimate of drug-likeness (QED) is 0.395. The summed E-state index contributed by atoms with van der Waals surface area (Å²) in [4.78, 5) is 20.8. The van der Waals surface area contributed by atoms with Gasteiger partial charge in [0.2, 0.25) is 17.6 Å². The average Bonchev–Trinajstić information content (AvgIpc) is 3.34. The Labute approximate surface area is 189 Å². The summed E-state index contributed by atoms with van der Waals surface area (Å²) in [5, 5.41) is 6.66. The number of benzene rings is 2. The molecule has 1 N–H and O–H groups in total. The van der Waals surface area contributed by atoms with Gasteiger partial charge < -0.3 is 14.6 Å². The van der Waals surface area contributed by atoms with E-state index in [-0.39, 0.29) is 17.6 Å². The molecule has 0 saturated heterocycles. The van der Waals surface area contributed by atoms with Crippen molar-refractivity contribution in [3.8, 4) is 17.1 Å². The van der Waals surface area contributed by atoms with Crippen LogP contribution >= 0.6 is 0 Å². The van der Waals surface area contributed by atoms with Crippen LogP contribution in [-0.2, 0) is 11.4 Å². The Kier molecular flexibility index (Phi) is 6.84. The summed E-state index contributed by atoms with van der Waals surface area (Å²) in [7, 11) is 0. The molecule has 0 bridgehead atoms. The molecule has 1 unspecified atom stereocenters. The molecule has 33 heavy (non-hydrogen) atoms. The fraction of sp³-hybridized carbons (Fsp3) is 0.120. The molecule has 4 aromatic rings. The zero-order valence-electron chi connectivity index (χ0n) is 17.8. The van der Waals surface area contributed by atoms with E-state index in [4.69, 9.17) is 9.26 Å². The highest BCUT2D eigenvalue weighted by atomic mass is 19.1. The molecule has 2 aromatic heterocycles. The first-order valence-electron chi connectivity index (χ1n) is 10.3. The summed E-state index contributed by atoms with van der Waals surface area (Å²) in [6.07, 6.45) is 4.85. The van der Waals surface area contributed by atoms with E-state index in [1.807, 2.05) is 42.5 Å². The highest BCUT2D eigenvalue weighted by Gasteiger charge is 2.16. The Morgan fingerprint density at radius 1 is 1.12 bits per heavy atom. The lowest BCUT2D eigenvalue weighted by Gasteiger charge is -2.07. The minimum Gasteiger partial charge on any atom is -0.487 e. The third-order valence-corrected chi connectivity index (χ3v) is 4.69. The Hall–Kier alpha value is -4.33. The molecule has 4 rings (SSSR count). The molecule has 0 aliphatic rings. The van der Waals surface area contributed by atoms with Crippen LogP contribution in [0.3, 0.4) is 0 Å². The molecule has 0 aliphatic carbocycles. The molecule has 1 amide bonds. The van der Waals surface area contributed by atoms with Crippen molar-refractivity contribution in [3.05, 3.63) is 102 Å². The van der Waals surface area contributed by atoms with Crippen LogP contribution in [-0.4, -0.2) is 21.0 Å². The van der Waals surface area contributed by atoms with E-state index in [2.05, 4.69) is 20.4 Å². The number of rotatable bonds is 8. The maximum Gasteiger partial charge on any atom is 0.249 e.